The van der Waals surface area contributed by atoms with Gasteiger partial charge in [0.05, 0.1) is 0 Å². The number of rotatable bonds is 1. The minimum Gasteiger partial charge on any atom is -0.434 e. The molecule has 0 aliphatic carbocycles. The number of nitrogen functional groups attached to an aromatic ring is 1. The molecule has 0 saturated carbocycles. The predicted octanol–water partition coefficient (Wildman–Crippen LogP) is 1.22. The maximum Gasteiger partial charge on any atom is 0.289 e. The van der Waals surface area contributed by atoms with Crippen LogP contribution in [0.2, 0.25) is 5.02 Å². The third-order valence-corrected chi connectivity index (χ3v) is 1.63. The highest BCUT2D eigenvalue weighted by Gasteiger charge is 2.14. The molecule has 0 bridgehead atoms. The summed E-state index contributed by atoms with van der Waals surface area (Å²) in [7, 11) is 3.24. The van der Waals surface area contributed by atoms with E-state index in [1.807, 2.05) is 0 Å². The Kier molecular flexibility index (Phi) is 2.28. The Hall–Kier alpha value is -1.16. The van der Waals surface area contributed by atoms with Gasteiger partial charge in [0.25, 0.3) is 5.91 Å². The molecule has 0 radical (unpaired) electrons. The van der Waals surface area contributed by atoms with E-state index < -0.39 is 0 Å². The van der Waals surface area contributed by atoms with E-state index in [9.17, 15) is 4.79 Å². The summed E-state index contributed by atoms with van der Waals surface area (Å²) in [4.78, 5) is 12.6. The Balaban J connectivity index is 2.97. The zero-order valence-corrected chi connectivity index (χ0v) is 7.55. The van der Waals surface area contributed by atoms with Crippen LogP contribution in [0.25, 0.3) is 0 Å². The van der Waals surface area contributed by atoms with Crippen molar-refractivity contribution in [2.24, 2.45) is 0 Å². The van der Waals surface area contributed by atoms with Gasteiger partial charge in [-0.05, 0) is 0 Å². The number of nitrogens with zero attached hydrogens (tertiary/aromatic N) is 1. The van der Waals surface area contributed by atoms with Crippen LogP contribution in [-0.2, 0) is 0 Å². The van der Waals surface area contributed by atoms with Crippen LogP contribution in [0.4, 0.5) is 5.88 Å². The predicted molar refractivity (Wildman–Crippen MR) is 46.1 cm³/mol. The van der Waals surface area contributed by atoms with Crippen molar-refractivity contribution in [3.8, 4) is 0 Å². The van der Waals surface area contributed by atoms with Crippen molar-refractivity contribution >= 4 is 23.4 Å². The standard InChI is InChI=1S/C7H9ClN2O2/c1-10(2)7(11)5-3-4(8)6(9)12-5/h3H,9H2,1-2H3. The van der Waals surface area contributed by atoms with E-state index in [1.165, 1.54) is 11.0 Å². The molecule has 5 heteroatoms. The molecule has 4 nitrogen and oxygen atoms in total. The SMILES string of the molecule is CN(C)C(=O)c1cc(Cl)c(N)o1. The fraction of sp³-hybridized carbons (Fsp3) is 0.286. The summed E-state index contributed by atoms with van der Waals surface area (Å²) in [5, 5.41) is 0.264. The molecule has 0 unspecified atom stereocenters. The minimum atomic E-state index is -0.256. The average Bonchev–Trinajstić information content (AvgIpc) is 2.30. The van der Waals surface area contributed by atoms with Gasteiger partial charge in [0.2, 0.25) is 5.88 Å². The summed E-state index contributed by atoms with van der Waals surface area (Å²) < 4.78 is 4.89. The summed E-state index contributed by atoms with van der Waals surface area (Å²) in [6.45, 7) is 0. The monoisotopic (exact) mass is 188 g/mol. The number of hydrogen-bond donors (Lipinski definition) is 1. The van der Waals surface area contributed by atoms with Gasteiger partial charge >= 0.3 is 0 Å². The summed E-state index contributed by atoms with van der Waals surface area (Å²) in [5.41, 5.74) is 5.31. The van der Waals surface area contributed by atoms with Crippen molar-refractivity contribution in [1.29, 1.82) is 0 Å². The quantitative estimate of drug-likeness (QED) is 0.721. The molecule has 0 spiro atoms. The van der Waals surface area contributed by atoms with Gasteiger partial charge in [0.15, 0.2) is 5.76 Å². The van der Waals surface area contributed by atoms with E-state index >= 15 is 0 Å². The van der Waals surface area contributed by atoms with Gasteiger partial charge in [-0.15, -0.1) is 0 Å². The first-order chi connectivity index (χ1) is 5.52. The van der Waals surface area contributed by atoms with Crippen molar-refractivity contribution in [1.82, 2.24) is 4.90 Å². The lowest BCUT2D eigenvalue weighted by Crippen LogP contribution is -2.20. The Morgan fingerprint density at radius 3 is 2.58 bits per heavy atom. The van der Waals surface area contributed by atoms with E-state index in [0.717, 1.165) is 0 Å². The molecule has 0 aromatic carbocycles. The molecule has 0 fully saturated rings. The summed E-state index contributed by atoms with van der Waals surface area (Å²) in [6, 6.07) is 1.40. The lowest BCUT2D eigenvalue weighted by atomic mass is 10.4. The molecule has 1 heterocycles. The molecule has 12 heavy (non-hydrogen) atoms. The molecule has 66 valence electrons. The van der Waals surface area contributed by atoms with Gasteiger partial charge in [-0.25, -0.2) is 0 Å². The van der Waals surface area contributed by atoms with E-state index in [2.05, 4.69) is 0 Å². The summed E-state index contributed by atoms with van der Waals surface area (Å²) >= 11 is 5.59. The number of anilines is 1. The van der Waals surface area contributed by atoms with Crippen LogP contribution in [0.15, 0.2) is 10.5 Å². The third-order valence-electron chi connectivity index (χ3n) is 1.33. The van der Waals surface area contributed by atoms with Gasteiger partial charge in [-0.1, -0.05) is 11.6 Å². The van der Waals surface area contributed by atoms with Crippen LogP contribution in [0.1, 0.15) is 10.6 Å². The molecule has 1 aromatic rings. The van der Waals surface area contributed by atoms with Crippen LogP contribution in [0, 0.1) is 0 Å². The van der Waals surface area contributed by atoms with Crippen molar-refractivity contribution in [3.05, 3.63) is 16.8 Å². The van der Waals surface area contributed by atoms with Gasteiger partial charge < -0.3 is 15.1 Å². The zero-order valence-electron chi connectivity index (χ0n) is 6.80. The molecular formula is C7H9ClN2O2. The first-order valence-electron chi connectivity index (χ1n) is 3.29. The number of nitrogens with two attached hydrogens (primary N) is 1. The van der Waals surface area contributed by atoms with Crippen molar-refractivity contribution in [3.63, 3.8) is 0 Å². The van der Waals surface area contributed by atoms with Crippen LogP contribution >= 0.6 is 11.6 Å². The number of carbonyl (C=O) groups is 1. The number of amides is 1. The normalized spacial score (nSPS) is 9.92. The molecule has 2 N–H and O–H groups in total. The first-order valence-corrected chi connectivity index (χ1v) is 3.66. The lowest BCUT2D eigenvalue weighted by molar-refractivity contribution is 0.0798. The molecular weight excluding hydrogens is 180 g/mol. The number of halogens is 1. The Morgan fingerprint density at radius 2 is 2.25 bits per heavy atom. The van der Waals surface area contributed by atoms with Crippen molar-refractivity contribution in [2.45, 2.75) is 0 Å². The van der Waals surface area contributed by atoms with Crippen molar-refractivity contribution < 1.29 is 9.21 Å². The average molecular weight is 189 g/mol. The zero-order chi connectivity index (χ0) is 9.30. The molecule has 0 aliphatic rings. The van der Waals surface area contributed by atoms with E-state index in [1.54, 1.807) is 14.1 Å². The minimum absolute atomic E-state index is 0.0712. The van der Waals surface area contributed by atoms with E-state index in [4.69, 9.17) is 21.8 Å². The van der Waals surface area contributed by atoms with Crippen LogP contribution in [-0.4, -0.2) is 24.9 Å². The lowest BCUT2D eigenvalue weighted by Gasteiger charge is -2.05. The molecule has 0 saturated heterocycles. The largest absolute Gasteiger partial charge is 0.434 e. The maximum absolute atomic E-state index is 11.2. The first kappa shape index (κ1) is 8.93. The van der Waals surface area contributed by atoms with Gasteiger partial charge in [0, 0.05) is 20.2 Å². The van der Waals surface area contributed by atoms with E-state index in [0.29, 0.717) is 0 Å². The molecule has 1 amide bonds. The highest BCUT2D eigenvalue weighted by Crippen LogP contribution is 2.23. The summed E-state index contributed by atoms with van der Waals surface area (Å²) in [6.07, 6.45) is 0. The topological polar surface area (TPSA) is 59.5 Å². The second-order valence-corrected chi connectivity index (χ2v) is 2.93. The second-order valence-electron chi connectivity index (χ2n) is 2.52. The molecule has 1 rings (SSSR count). The Bertz CT molecular complexity index is 287. The maximum atomic E-state index is 11.2. The highest BCUT2D eigenvalue weighted by molar-refractivity contribution is 6.33. The van der Waals surface area contributed by atoms with Crippen LogP contribution in [0.3, 0.4) is 0 Å². The number of hydrogen-bond acceptors (Lipinski definition) is 3. The fourth-order valence-corrected chi connectivity index (χ4v) is 0.846. The molecule has 1 aromatic heterocycles. The molecule has 0 atom stereocenters. The van der Waals surface area contributed by atoms with Crippen molar-refractivity contribution in [2.75, 3.05) is 19.8 Å². The third kappa shape index (κ3) is 1.53. The van der Waals surface area contributed by atoms with Gasteiger partial charge in [0.1, 0.15) is 5.02 Å². The van der Waals surface area contributed by atoms with Crippen LogP contribution < -0.4 is 5.73 Å². The van der Waals surface area contributed by atoms with Crippen LogP contribution in [0.5, 0.6) is 0 Å². The van der Waals surface area contributed by atoms with Gasteiger partial charge in [-0.3, -0.25) is 4.79 Å². The number of furan rings is 1. The Morgan fingerprint density at radius 1 is 1.67 bits per heavy atom. The number of carbonyl (C=O) groups excluding carboxylic acids is 1. The second kappa shape index (κ2) is 3.06. The Labute approximate surface area is 74.9 Å². The summed E-state index contributed by atoms with van der Waals surface area (Å²) in [5.74, 6) is -0.0297. The van der Waals surface area contributed by atoms with E-state index in [-0.39, 0.29) is 22.6 Å². The fourth-order valence-electron chi connectivity index (χ4n) is 0.709. The molecule has 0 aliphatic heterocycles. The highest BCUT2D eigenvalue weighted by atomic mass is 35.5. The van der Waals surface area contributed by atoms with Gasteiger partial charge in [-0.2, -0.15) is 0 Å². The smallest absolute Gasteiger partial charge is 0.289 e.